The molecule has 1 aliphatic rings. The van der Waals surface area contributed by atoms with Crippen LogP contribution in [-0.2, 0) is 4.79 Å². The van der Waals surface area contributed by atoms with Crippen LogP contribution >= 0.6 is 0 Å². The van der Waals surface area contributed by atoms with Gasteiger partial charge in [-0.1, -0.05) is 6.92 Å². The number of nitro benzene ring substituents is 1. The molecule has 22 heavy (non-hydrogen) atoms. The summed E-state index contributed by atoms with van der Waals surface area (Å²) < 4.78 is 10.5. The standard InChI is InChI=1S/C13H14N2O7/c1-7(13(17)18)6-14-12(16)8-4-10-11(22-3-2-21-10)5-9(8)15(19)20/h4-5,7H,2-3,6H2,1H3,(H,14,16)(H,17,18). The second-order valence-electron chi connectivity index (χ2n) is 4.72. The lowest BCUT2D eigenvalue weighted by atomic mass is 10.1. The van der Waals surface area contributed by atoms with Crippen molar-refractivity contribution in [3.63, 3.8) is 0 Å². The van der Waals surface area contributed by atoms with Crippen molar-refractivity contribution >= 4 is 17.6 Å². The highest BCUT2D eigenvalue weighted by atomic mass is 16.6. The van der Waals surface area contributed by atoms with E-state index >= 15 is 0 Å². The van der Waals surface area contributed by atoms with Crippen molar-refractivity contribution < 1.29 is 29.1 Å². The van der Waals surface area contributed by atoms with Gasteiger partial charge in [0.05, 0.1) is 16.9 Å². The molecule has 0 aliphatic carbocycles. The second-order valence-corrected chi connectivity index (χ2v) is 4.72. The molecule has 0 spiro atoms. The Hall–Kier alpha value is -2.84. The van der Waals surface area contributed by atoms with E-state index in [1.807, 2.05) is 0 Å². The van der Waals surface area contributed by atoms with Crippen molar-refractivity contribution in [3.8, 4) is 11.5 Å². The summed E-state index contributed by atoms with van der Waals surface area (Å²) in [4.78, 5) is 33.2. The molecule has 1 aromatic carbocycles. The van der Waals surface area contributed by atoms with E-state index in [-0.39, 0.29) is 36.8 Å². The summed E-state index contributed by atoms with van der Waals surface area (Å²) in [5, 5.41) is 22.2. The van der Waals surface area contributed by atoms with Gasteiger partial charge in [0, 0.05) is 12.6 Å². The Balaban J connectivity index is 2.26. The van der Waals surface area contributed by atoms with Gasteiger partial charge in [-0.2, -0.15) is 0 Å². The highest BCUT2D eigenvalue weighted by Gasteiger charge is 2.26. The van der Waals surface area contributed by atoms with E-state index in [2.05, 4.69) is 5.32 Å². The van der Waals surface area contributed by atoms with Crippen molar-refractivity contribution in [1.29, 1.82) is 0 Å². The van der Waals surface area contributed by atoms with Crippen molar-refractivity contribution in [3.05, 3.63) is 27.8 Å². The molecule has 0 saturated heterocycles. The van der Waals surface area contributed by atoms with Gasteiger partial charge in [0.2, 0.25) is 0 Å². The van der Waals surface area contributed by atoms with Gasteiger partial charge >= 0.3 is 5.97 Å². The monoisotopic (exact) mass is 310 g/mol. The molecule has 2 rings (SSSR count). The topological polar surface area (TPSA) is 128 Å². The van der Waals surface area contributed by atoms with Crippen molar-refractivity contribution in [1.82, 2.24) is 5.32 Å². The first-order chi connectivity index (χ1) is 10.4. The van der Waals surface area contributed by atoms with Crippen LogP contribution in [0.15, 0.2) is 12.1 Å². The number of carboxylic acid groups (broad SMARTS) is 1. The van der Waals surface area contributed by atoms with E-state index in [0.717, 1.165) is 6.07 Å². The SMILES string of the molecule is CC(CNC(=O)c1cc2c(cc1[N+](=O)[O-])OCCO2)C(=O)O. The number of nitrogens with zero attached hydrogens (tertiary/aromatic N) is 1. The molecule has 0 bridgehead atoms. The van der Waals surface area contributed by atoms with Gasteiger partial charge < -0.3 is 19.9 Å². The number of amides is 1. The molecule has 9 nitrogen and oxygen atoms in total. The van der Waals surface area contributed by atoms with E-state index < -0.39 is 28.4 Å². The quantitative estimate of drug-likeness (QED) is 0.608. The number of nitrogens with one attached hydrogen (secondary N) is 1. The Morgan fingerprint density at radius 1 is 1.36 bits per heavy atom. The smallest absolute Gasteiger partial charge is 0.308 e. The molecule has 1 aromatic rings. The Morgan fingerprint density at radius 3 is 2.50 bits per heavy atom. The van der Waals surface area contributed by atoms with Crippen LogP contribution in [0.3, 0.4) is 0 Å². The second kappa shape index (κ2) is 6.29. The number of fused-ring (bicyclic) bond motifs is 1. The molecule has 9 heteroatoms. The average Bonchev–Trinajstić information content (AvgIpc) is 2.50. The van der Waals surface area contributed by atoms with Crippen LogP contribution in [-0.4, -0.2) is 41.7 Å². The van der Waals surface area contributed by atoms with Crippen LogP contribution in [0.1, 0.15) is 17.3 Å². The third-order valence-corrected chi connectivity index (χ3v) is 3.09. The van der Waals surface area contributed by atoms with Crippen LogP contribution < -0.4 is 14.8 Å². The van der Waals surface area contributed by atoms with Gasteiger partial charge in [-0.25, -0.2) is 0 Å². The highest BCUT2D eigenvalue weighted by molar-refractivity contribution is 5.99. The number of aliphatic carboxylic acids is 1. The zero-order valence-electron chi connectivity index (χ0n) is 11.7. The fourth-order valence-corrected chi connectivity index (χ4v) is 1.84. The zero-order chi connectivity index (χ0) is 16.3. The minimum atomic E-state index is -1.07. The number of hydrogen-bond donors (Lipinski definition) is 2. The summed E-state index contributed by atoms with van der Waals surface area (Å²) in [7, 11) is 0. The Bertz CT molecular complexity index is 629. The van der Waals surface area contributed by atoms with Gasteiger partial charge in [0.15, 0.2) is 11.5 Å². The third-order valence-electron chi connectivity index (χ3n) is 3.09. The molecule has 0 fully saturated rings. The highest BCUT2D eigenvalue weighted by Crippen LogP contribution is 2.36. The summed E-state index contributed by atoms with van der Waals surface area (Å²) in [5.41, 5.74) is -0.628. The van der Waals surface area contributed by atoms with Crippen LogP contribution in [0.2, 0.25) is 0 Å². The van der Waals surface area contributed by atoms with Gasteiger partial charge in [0.1, 0.15) is 18.8 Å². The largest absolute Gasteiger partial charge is 0.486 e. The first-order valence-electron chi connectivity index (χ1n) is 6.49. The lowest BCUT2D eigenvalue weighted by Gasteiger charge is -2.19. The maximum absolute atomic E-state index is 12.1. The molecule has 0 aromatic heterocycles. The van der Waals surface area contributed by atoms with Crippen molar-refractivity contribution in [2.24, 2.45) is 5.92 Å². The molecule has 1 atom stereocenters. The molecule has 118 valence electrons. The number of benzene rings is 1. The predicted molar refractivity (Wildman–Crippen MR) is 73.2 cm³/mol. The number of hydrogen-bond acceptors (Lipinski definition) is 6. The number of rotatable bonds is 5. The molecule has 0 saturated carbocycles. The normalized spacial score (nSPS) is 14.0. The van der Waals surface area contributed by atoms with E-state index in [9.17, 15) is 19.7 Å². The van der Waals surface area contributed by atoms with Crippen molar-refractivity contribution in [2.75, 3.05) is 19.8 Å². The molecular formula is C13H14N2O7. The first kappa shape index (κ1) is 15.5. The van der Waals surface area contributed by atoms with E-state index in [0.29, 0.717) is 0 Å². The first-order valence-corrected chi connectivity index (χ1v) is 6.49. The number of ether oxygens (including phenoxy) is 2. The predicted octanol–water partition coefficient (Wildman–Crippen LogP) is 0.817. The fourth-order valence-electron chi connectivity index (χ4n) is 1.84. The Kier molecular flexibility index (Phi) is 4.44. The van der Waals surface area contributed by atoms with Gasteiger partial charge in [-0.3, -0.25) is 19.7 Å². The van der Waals surface area contributed by atoms with Crippen LogP contribution in [0.5, 0.6) is 11.5 Å². The number of carboxylic acids is 1. The van der Waals surface area contributed by atoms with E-state index in [4.69, 9.17) is 14.6 Å². The van der Waals surface area contributed by atoms with E-state index in [1.165, 1.54) is 13.0 Å². The molecule has 1 amide bonds. The van der Waals surface area contributed by atoms with Crippen LogP contribution in [0.25, 0.3) is 0 Å². The lowest BCUT2D eigenvalue weighted by molar-refractivity contribution is -0.385. The van der Waals surface area contributed by atoms with Crippen LogP contribution in [0, 0.1) is 16.0 Å². The summed E-state index contributed by atoms with van der Waals surface area (Å²) in [5.74, 6) is -2.17. The Labute approximate surface area is 125 Å². The molecule has 1 heterocycles. The minimum absolute atomic E-state index is 0.139. The molecule has 1 unspecified atom stereocenters. The molecule has 1 aliphatic heterocycles. The summed E-state index contributed by atoms with van der Waals surface area (Å²) in [6.45, 7) is 1.83. The number of carbonyl (C=O) groups is 2. The van der Waals surface area contributed by atoms with E-state index in [1.54, 1.807) is 0 Å². The summed E-state index contributed by atoms with van der Waals surface area (Å²) >= 11 is 0. The average molecular weight is 310 g/mol. The maximum atomic E-state index is 12.1. The third kappa shape index (κ3) is 3.25. The fraction of sp³-hybridized carbons (Fsp3) is 0.385. The van der Waals surface area contributed by atoms with Gasteiger partial charge in [-0.05, 0) is 0 Å². The zero-order valence-corrected chi connectivity index (χ0v) is 11.7. The number of carbonyl (C=O) groups excluding carboxylic acids is 1. The maximum Gasteiger partial charge on any atom is 0.308 e. The Morgan fingerprint density at radius 2 is 1.95 bits per heavy atom. The molecule has 2 N–H and O–H groups in total. The molecular weight excluding hydrogens is 296 g/mol. The van der Waals surface area contributed by atoms with Gasteiger partial charge in [0.25, 0.3) is 11.6 Å². The van der Waals surface area contributed by atoms with Crippen LogP contribution in [0.4, 0.5) is 5.69 Å². The van der Waals surface area contributed by atoms with Gasteiger partial charge in [-0.15, -0.1) is 0 Å². The lowest BCUT2D eigenvalue weighted by Crippen LogP contribution is -2.32. The number of nitro groups is 1. The summed E-state index contributed by atoms with van der Waals surface area (Å²) in [6, 6.07) is 2.36. The molecule has 0 radical (unpaired) electrons. The minimum Gasteiger partial charge on any atom is -0.486 e. The summed E-state index contributed by atoms with van der Waals surface area (Å²) in [6.07, 6.45) is 0. The van der Waals surface area contributed by atoms with Crippen molar-refractivity contribution in [2.45, 2.75) is 6.92 Å².